The Balaban J connectivity index is 2.21. The quantitative estimate of drug-likeness (QED) is 0.933. The Morgan fingerprint density at radius 2 is 1.85 bits per heavy atom. The molecule has 0 aliphatic carbocycles. The number of nitrogens with zero attached hydrogens (tertiary/aromatic N) is 1. The maximum Gasteiger partial charge on any atom is 0.337 e. The van der Waals surface area contributed by atoms with E-state index in [0.717, 1.165) is 0 Å². The molecule has 4 nitrogen and oxygen atoms in total. The average molecular weight is 330 g/mol. The maximum absolute atomic E-state index is 12.3. The lowest BCUT2D eigenvalue weighted by molar-refractivity contribution is 0.0696. The third-order valence-electron chi connectivity index (χ3n) is 2.50. The van der Waals surface area contributed by atoms with Crippen LogP contribution in [0.2, 0.25) is 10.0 Å². The number of carboxylic acids is 1. The molecule has 1 heterocycles. The monoisotopic (exact) mass is 329 g/mol. The van der Waals surface area contributed by atoms with Crippen LogP contribution in [0.3, 0.4) is 0 Å². The summed E-state index contributed by atoms with van der Waals surface area (Å²) in [5.74, 6) is -0.942. The lowest BCUT2D eigenvalue weighted by atomic mass is 10.2. The smallest absolute Gasteiger partial charge is 0.337 e. The molecule has 0 saturated heterocycles. The van der Waals surface area contributed by atoms with E-state index in [-0.39, 0.29) is 11.3 Å². The molecule has 2 aromatic rings. The van der Waals surface area contributed by atoms with Gasteiger partial charge < -0.3 is 5.11 Å². The number of hydrogen-bond acceptors (Lipinski definition) is 3. The van der Waals surface area contributed by atoms with Gasteiger partial charge in [-0.25, -0.2) is 4.79 Å². The second kappa shape index (κ2) is 6.35. The van der Waals surface area contributed by atoms with Gasteiger partial charge in [0.1, 0.15) is 0 Å². The van der Waals surface area contributed by atoms with Crippen molar-refractivity contribution < 1.29 is 14.1 Å². The van der Waals surface area contributed by atoms with Gasteiger partial charge in [0.15, 0.2) is 0 Å². The number of carbonyl (C=O) groups is 1. The summed E-state index contributed by atoms with van der Waals surface area (Å²) in [6.45, 7) is 0. The summed E-state index contributed by atoms with van der Waals surface area (Å²) in [5.41, 5.74) is 0.583. The molecule has 1 atom stereocenters. The Morgan fingerprint density at radius 1 is 1.20 bits per heavy atom. The van der Waals surface area contributed by atoms with Crippen LogP contribution in [0, 0.1) is 0 Å². The molecule has 0 spiro atoms. The highest BCUT2D eigenvalue weighted by Crippen LogP contribution is 2.28. The predicted molar refractivity (Wildman–Crippen MR) is 77.8 cm³/mol. The third-order valence-corrected chi connectivity index (χ3v) is 4.80. The Kier molecular flexibility index (Phi) is 4.75. The second-order valence-electron chi connectivity index (χ2n) is 3.88. The largest absolute Gasteiger partial charge is 0.478 e. The van der Waals surface area contributed by atoms with E-state index in [0.29, 0.717) is 20.6 Å². The van der Waals surface area contributed by atoms with Crippen LogP contribution in [0.25, 0.3) is 0 Å². The van der Waals surface area contributed by atoms with E-state index in [1.54, 1.807) is 18.2 Å². The van der Waals surface area contributed by atoms with Gasteiger partial charge in [0.05, 0.1) is 42.8 Å². The molecule has 1 N–H and O–H groups in total. The molecule has 0 saturated carbocycles. The van der Waals surface area contributed by atoms with Crippen LogP contribution in [0.1, 0.15) is 16.1 Å². The van der Waals surface area contributed by atoms with Crippen molar-refractivity contribution in [2.75, 3.05) is 0 Å². The summed E-state index contributed by atoms with van der Waals surface area (Å²) in [4.78, 5) is 15.0. The zero-order valence-corrected chi connectivity index (χ0v) is 12.4. The van der Waals surface area contributed by atoms with Crippen LogP contribution in [0.5, 0.6) is 0 Å². The van der Waals surface area contributed by atoms with Crippen LogP contribution in [-0.4, -0.2) is 20.3 Å². The van der Waals surface area contributed by atoms with E-state index in [9.17, 15) is 9.00 Å². The number of pyridine rings is 1. The van der Waals surface area contributed by atoms with Crippen molar-refractivity contribution in [3.8, 4) is 0 Å². The van der Waals surface area contributed by atoms with Gasteiger partial charge >= 0.3 is 5.97 Å². The fourth-order valence-electron chi connectivity index (χ4n) is 1.54. The van der Waals surface area contributed by atoms with Crippen molar-refractivity contribution in [3.05, 3.63) is 57.8 Å². The minimum Gasteiger partial charge on any atom is -0.478 e. The Morgan fingerprint density at radius 3 is 2.35 bits per heavy atom. The lowest BCUT2D eigenvalue weighted by Crippen LogP contribution is -2.02. The van der Waals surface area contributed by atoms with Crippen LogP contribution in [0.4, 0.5) is 0 Å². The van der Waals surface area contributed by atoms with E-state index in [1.807, 2.05) is 0 Å². The second-order valence-corrected chi connectivity index (χ2v) is 6.09. The van der Waals surface area contributed by atoms with Gasteiger partial charge in [0, 0.05) is 6.20 Å². The summed E-state index contributed by atoms with van der Waals surface area (Å²) in [6.07, 6.45) is 1.23. The van der Waals surface area contributed by atoms with Gasteiger partial charge in [-0.15, -0.1) is 0 Å². The fraction of sp³-hybridized carbons (Fsp3) is 0.0769. The van der Waals surface area contributed by atoms with Crippen molar-refractivity contribution in [3.63, 3.8) is 0 Å². The van der Waals surface area contributed by atoms with Crippen molar-refractivity contribution in [2.24, 2.45) is 0 Å². The molecule has 1 aromatic heterocycles. The number of benzene rings is 1. The van der Waals surface area contributed by atoms with Crippen molar-refractivity contribution >= 4 is 40.0 Å². The average Bonchev–Trinajstić information content (AvgIpc) is 2.39. The maximum atomic E-state index is 12.3. The summed E-state index contributed by atoms with van der Waals surface area (Å²) in [5, 5.41) is 9.44. The Bertz CT molecular complexity index is 654. The molecule has 1 aromatic carbocycles. The van der Waals surface area contributed by atoms with Gasteiger partial charge in [0.2, 0.25) is 0 Å². The normalized spacial score (nSPS) is 12.1. The molecule has 7 heteroatoms. The molecule has 0 bridgehead atoms. The van der Waals surface area contributed by atoms with Gasteiger partial charge in [-0.2, -0.15) is 0 Å². The zero-order valence-electron chi connectivity index (χ0n) is 10.0. The van der Waals surface area contributed by atoms with E-state index in [2.05, 4.69) is 4.98 Å². The standard InChI is InChI=1S/C13H9Cl2NO3S/c14-10-2-1-3-11(15)12(10)20(19)7-9-5-4-8(6-16-9)13(17)18/h1-6H,7H2,(H,17,18). The molecule has 0 fully saturated rings. The molecule has 2 rings (SSSR count). The number of rotatable bonds is 4. The van der Waals surface area contributed by atoms with Gasteiger partial charge in [-0.1, -0.05) is 29.3 Å². The number of hydrogen-bond donors (Lipinski definition) is 1. The molecule has 1 unspecified atom stereocenters. The molecule has 0 aliphatic rings. The van der Waals surface area contributed by atoms with Crippen LogP contribution >= 0.6 is 23.2 Å². The first-order chi connectivity index (χ1) is 9.49. The summed E-state index contributed by atoms with van der Waals surface area (Å²) >= 11 is 12.0. The molecule has 0 radical (unpaired) electrons. The molecular weight excluding hydrogens is 321 g/mol. The number of aromatic nitrogens is 1. The summed E-state index contributed by atoms with van der Waals surface area (Å²) in [6, 6.07) is 7.83. The Labute approximate surface area is 127 Å². The van der Waals surface area contributed by atoms with Gasteiger partial charge in [-0.3, -0.25) is 9.19 Å². The number of halogens is 2. The minimum atomic E-state index is -1.45. The van der Waals surface area contributed by atoms with Crippen LogP contribution in [-0.2, 0) is 16.6 Å². The molecule has 0 amide bonds. The first kappa shape index (κ1) is 15.0. The third kappa shape index (κ3) is 3.36. The number of aromatic carboxylic acids is 1. The molecule has 104 valence electrons. The molecule has 20 heavy (non-hydrogen) atoms. The van der Waals surface area contributed by atoms with Crippen molar-refractivity contribution in [1.82, 2.24) is 4.98 Å². The molecule has 0 aliphatic heterocycles. The summed E-state index contributed by atoms with van der Waals surface area (Å²) in [7, 11) is -1.45. The minimum absolute atomic E-state index is 0.0790. The van der Waals surface area contributed by atoms with Crippen LogP contribution in [0.15, 0.2) is 41.4 Å². The van der Waals surface area contributed by atoms with E-state index in [1.165, 1.54) is 18.3 Å². The SMILES string of the molecule is O=C(O)c1ccc(CS(=O)c2c(Cl)cccc2Cl)nc1. The van der Waals surface area contributed by atoms with E-state index < -0.39 is 16.8 Å². The Hall–Kier alpha value is -1.43. The van der Waals surface area contributed by atoms with E-state index in [4.69, 9.17) is 28.3 Å². The lowest BCUT2D eigenvalue weighted by Gasteiger charge is -2.06. The topological polar surface area (TPSA) is 67.3 Å². The highest BCUT2D eigenvalue weighted by atomic mass is 35.5. The van der Waals surface area contributed by atoms with Crippen LogP contribution < -0.4 is 0 Å². The van der Waals surface area contributed by atoms with Crippen molar-refractivity contribution in [1.29, 1.82) is 0 Å². The fourth-order valence-corrected chi connectivity index (χ4v) is 3.61. The van der Waals surface area contributed by atoms with Gasteiger partial charge in [-0.05, 0) is 24.3 Å². The molecular formula is C13H9Cl2NO3S. The first-order valence-corrected chi connectivity index (χ1v) is 7.57. The van der Waals surface area contributed by atoms with E-state index >= 15 is 0 Å². The summed E-state index contributed by atoms with van der Waals surface area (Å²) < 4.78 is 12.3. The first-order valence-electron chi connectivity index (χ1n) is 5.49. The van der Waals surface area contributed by atoms with Crippen molar-refractivity contribution in [2.45, 2.75) is 10.6 Å². The predicted octanol–water partition coefficient (Wildman–Crippen LogP) is 3.39. The highest BCUT2D eigenvalue weighted by Gasteiger charge is 2.14. The number of carboxylic acid groups (broad SMARTS) is 1. The highest BCUT2D eigenvalue weighted by molar-refractivity contribution is 7.84. The van der Waals surface area contributed by atoms with Gasteiger partial charge in [0.25, 0.3) is 0 Å². The zero-order chi connectivity index (χ0) is 14.7.